The van der Waals surface area contributed by atoms with E-state index in [1.165, 1.54) is 0 Å². The average molecular weight is 102 g/mol. The van der Waals surface area contributed by atoms with Crippen molar-refractivity contribution in [3.8, 4) is 0 Å². The summed E-state index contributed by atoms with van der Waals surface area (Å²) >= 11 is 0. The van der Waals surface area contributed by atoms with Gasteiger partial charge in [-0.05, 0) is 13.8 Å². The Balaban J connectivity index is 2.68. The van der Waals surface area contributed by atoms with Gasteiger partial charge in [-0.2, -0.15) is 0 Å². The first kappa shape index (κ1) is 6.92. The minimum atomic E-state index is -0.609. The molecule has 0 saturated carbocycles. The number of hydrogen-bond donors (Lipinski definition) is 1. The lowest BCUT2D eigenvalue weighted by Gasteiger charge is -2.00. The molecule has 0 heterocycles. The third kappa shape index (κ3) is 5.92. The van der Waals surface area contributed by atoms with E-state index in [0.717, 1.165) is 0 Å². The zero-order valence-electron chi connectivity index (χ0n) is 4.26. The van der Waals surface area contributed by atoms with Crippen LogP contribution in [0.5, 0.6) is 0 Å². The van der Waals surface area contributed by atoms with Crippen LogP contribution in [0.3, 0.4) is 0 Å². The van der Waals surface area contributed by atoms with Gasteiger partial charge in [0.2, 0.25) is 0 Å². The fourth-order valence-corrected chi connectivity index (χ4v) is 0.219. The highest BCUT2D eigenvalue weighted by atomic mass is 16.5. The highest BCUT2D eigenvalue weighted by Gasteiger charge is 1.90. The standard InChI is InChI=1S/C5H10O2/c1-3-7-4-5(2)6/h5-6H,1-4H2. The van der Waals surface area contributed by atoms with Crippen LogP contribution in [0.1, 0.15) is 0 Å². The van der Waals surface area contributed by atoms with Crippen molar-refractivity contribution in [2.45, 2.75) is 6.10 Å². The topological polar surface area (TPSA) is 29.5 Å². The van der Waals surface area contributed by atoms with Crippen LogP contribution in [-0.2, 0) is 4.74 Å². The van der Waals surface area contributed by atoms with Gasteiger partial charge in [0.05, 0.1) is 12.7 Å². The minimum absolute atomic E-state index is 0.281. The molecule has 0 fully saturated rings. The third-order valence-corrected chi connectivity index (χ3v) is 0.455. The van der Waals surface area contributed by atoms with E-state index in [2.05, 4.69) is 18.6 Å². The van der Waals surface area contributed by atoms with Crippen LogP contribution in [0, 0.1) is 13.8 Å². The van der Waals surface area contributed by atoms with Crippen molar-refractivity contribution in [3.63, 3.8) is 0 Å². The summed E-state index contributed by atoms with van der Waals surface area (Å²) in [6, 6.07) is 0. The quantitative estimate of drug-likeness (QED) is 0.545. The van der Waals surface area contributed by atoms with E-state index in [-0.39, 0.29) is 6.61 Å². The third-order valence-electron chi connectivity index (χ3n) is 0.455. The molecular weight excluding hydrogens is 92.1 g/mol. The number of aliphatic hydroxyl groups excluding tert-OH is 1. The molecule has 42 valence electrons. The van der Waals surface area contributed by atoms with Gasteiger partial charge in [-0.3, -0.25) is 0 Å². The van der Waals surface area contributed by atoms with Crippen molar-refractivity contribution in [3.05, 3.63) is 13.8 Å². The van der Waals surface area contributed by atoms with Crippen LogP contribution in [0.15, 0.2) is 0 Å². The number of aliphatic hydroxyl groups is 1. The van der Waals surface area contributed by atoms with E-state index in [1.807, 2.05) is 0 Å². The molecule has 0 spiro atoms. The molecule has 7 heavy (non-hydrogen) atoms. The van der Waals surface area contributed by atoms with Gasteiger partial charge >= 0.3 is 0 Å². The van der Waals surface area contributed by atoms with Gasteiger partial charge in [-0.1, -0.05) is 0 Å². The molecule has 1 N–H and O–H groups in total. The van der Waals surface area contributed by atoms with Crippen molar-refractivity contribution in [1.29, 1.82) is 0 Å². The summed E-state index contributed by atoms with van der Waals surface area (Å²) in [6.45, 7) is 7.35. The predicted octanol–water partition coefficient (Wildman–Crippen LogP) is 0.0321. The summed E-state index contributed by atoms with van der Waals surface area (Å²) in [5, 5.41) is 8.42. The molecule has 0 aliphatic heterocycles. The fourth-order valence-electron chi connectivity index (χ4n) is 0.219. The highest BCUT2D eigenvalue weighted by molar-refractivity contribution is 4.52. The maximum absolute atomic E-state index is 8.42. The Labute approximate surface area is 44.1 Å². The second kappa shape index (κ2) is 4.09. The van der Waals surface area contributed by atoms with Crippen molar-refractivity contribution >= 4 is 0 Å². The van der Waals surface area contributed by atoms with Crippen LogP contribution >= 0.6 is 0 Å². The van der Waals surface area contributed by atoms with Crippen LogP contribution in [0.2, 0.25) is 0 Å². The van der Waals surface area contributed by atoms with Gasteiger partial charge in [0.25, 0.3) is 0 Å². The smallest absolute Gasteiger partial charge is 0.0774 e. The first-order valence-electron chi connectivity index (χ1n) is 2.15. The molecule has 0 amide bonds. The predicted molar refractivity (Wildman–Crippen MR) is 27.5 cm³/mol. The molecule has 1 atom stereocenters. The Morgan fingerprint density at radius 1 is 1.71 bits per heavy atom. The molecule has 0 aliphatic carbocycles. The Bertz CT molecular complexity index is 35.1. The van der Waals surface area contributed by atoms with E-state index < -0.39 is 6.10 Å². The van der Waals surface area contributed by atoms with E-state index in [1.54, 1.807) is 0 Å². The lowest BCUT2D eigenvalue weighted by molar-refractivity contribution is 0.0726. The SMILES string of the molecule is [CH2]COCC([CH2])O. The molecule has 0 aromatic carbocycles. The normalized spacial score (nSPS) is 14.1. The molecule has 0 aliphatic rings. The summed E-state index contributed by atoms with van der Waals surface area (Å²) in [5.74, 6) is 0. The zero-order chi connectivity index (χ0) is 5.70. The number of rotatable bonds is 3. The zero-order valence-corrected chi connectivity index (χ0v) is 4.26. The molecule has 0 aromatic rings. The first-order chi connectivity index (χ1) is 3.27. The molecule has 0 saturated heterocycles. The van der Waals surface area contributed by atoms with E-state index in [0.29, 0.717) is 6.61 Å². The molecule has 2 heteroatoms. The maximum Gasteiger partial charge on any atom is 0.0774 e. The molecule has 2 nitrogen and oxygen atoms in total. The molecule has 2 radical (unpaired) electrons. The molecule has 1 unspecified atom stereocenters. The lowest BCUT2D eigenvalue weighted by atomic mass is 10.4. The average Bonchev–Trinajstić information content (AvgIpc) is 1.61. The van der Waals surface area contributed by atoms with Crippen molar-refractivity contribution < 1.29 is 9.84 Å². The van der Waals surface area contributed by atoms with Gasteiger partial charge < -0.3 is 9.84 Å². The van der Waals surface area contributed by atoms with Gasteiger partial charge in [0.15, 0.2) is 0 Å². The molecular formula is C5H10O2. The lowest BCUT2D eigenvalue weighted by Crippen LogP contribution is -2.09. The molecule has 0 rings (SSSR count). The van der Waals surface area contributed by atoms with Crippen LogP contribution in [-0.4, -0.2) is 24.4 Å². The second-order valence-electron chi connectivity index (χ2n) is 1.23. The van der Waals surface area contributed by atoms with Crippen LogP contribution < -0.4 is 0 Å². The monoisotopic (exact) mass is 102 g/mol. The highest BCUT2D eigenvalue weighted by Crippen LogP contribution is 1.78. The van der Waals surface area contributed by atoms with E-state index in [9.17, 15) is 0 Å². The minimum Gasteiger partial charge on any atom is -0.391 e. The van der Waals surface area contributed by atoms with Crippen molar-refractivity contribution in [1.82, 2.24) is 0 Å². The van der Waals surface area contributed by atoms with E-state index >= 15 is 0 Å². The van der Waals surface area contributed by atoms with Crippen LogP contribution in [0.4, 0.5) is 0 Å². The summed E-state index contributed by atoms with van der Waals surface area (Å²) < 4.78 is 4.67. The summed E-state index contributed by atoms with van der Waals surface area (Å²) in [6.07, 6.45) is -0.609. The number of ether oxygens (including phenoxy) is 1. The summed E-state index contributed by atoms with van der Waals surface area (Å²) in [4.78, 5) is 0. The first-order valence-corrected chi connectivity index (χ1v) is 2.15. The Morgan fingerprint density at radius 2 is 2.29 bits per heavy atom. The largest absolute Gasteiger partial charge is 0.391 e. The number of hydrogen-bond acceptors (Lipinski definition) is 2. The van der Waals surface area contributed by atoms with Gasteiger partial charge in [-0.15, -0.1) is 0 Å². The Kier molecular flexibility index (Phi) is 4.04. The Hall–Kier alpha value is -0.0800. The van der Waals surface area contributed by atoms with E-state index in [4.69, 9.17) is 5.11 Å². The van der Waals surface area contributed by atoms with Crippen molar-refractivity contribution in [2.75, 3.05) is 13.2 Å². The fraction of sp³-hybridized carbons (Fsp3) is 0.600. The van der Waals surface area contributed by atoms with Crippen molar-refractivity contribution in [2.24, 2.45) is 0 Å². The summed E-state index contributed by atoms with van der Waals surface area (Å²) in [7, 11) is 0. The summed E-state index contributed by atoms with van der Waals surface area (Å²) in [5.41, 5.74) is 0. The van der Waals surface area contributed by atoms with Gasteiger partial charge in [0, 0.05) is 6.61 Å². The molecule has 0 aromatic heterocycles. The van der Waals surface area contributed by atoms with Crippen LogP contribution in [0.25, 0.3) is 0 Å². The second-order valence-corrected chi connectivity index (χ2v) is 1.23. The van der Waals surface area contributed by atoms with Gasteiger partial charge in [-0.25, -0.2) is 0 Å². The van der Waals surface area contributed by atoms with Gasteiger partial charge in [0.1, 0.15) is 0 Å². The Morgan fingerprint density at radius 3 is 2.43 bits per heavy atom. The molecule has 0 bridgehead atoms. The maximum atomic E-state index is 8.42.